The summed E-state index contributed by atoms with van der Waals surface area (Å²) in [5.74, 6) is -1.42. The number of nitrogens with zero attached hydrogens (tertiary/aromatic N) is 2. The van der Waals surface area contributed by atoms with Gasteiger partial charge in [0, 0.05) is 6.07 Å². The summed E-state index contributed by atoms with van der Waals surface area (Å²) in [5.41, 5.74) is 0.0814. The first-order valence-corrected chi connectivity index (χ1v) is 3.75. The maximum absolute atomic E-state index is 12.2. The number of hydrogen-bond donors (Lipinski definition) is 1. The van der Waals surface area contributed by atoms with Crippen molar-refractivity contribution in [2.24, 2.45) is 0 Å². The molecule has 0 unspecified atom stereocenters. The highest BCUT2D eigenvalue weighted by Crippen LogP contribution is 2.24. The van der Waals surface area contributed by atoms with Crippen LogP contribution in [0.5, 0.6) is 0 Å². The number of hydrogen-bond acceptors (Lipinski definition) is 3. The Bertz CT molecular complexity index is 551. The van der Waals surface area contributed by atoms with E-state index in [4.69, 9.17) is 0 Å². The zero-order valence-corrected chi connectivity index (χ0v) is 7.63. The average molecular weight is 263 g/mol. The molecule has 0 fully saturated rings. The molecule has 0 aliphatic heterocycles. The zero-order valence-electron chi connectivity index (χ0n) is 7.63. The minimum absolute atomic E-state index is 0.137. The van der Waals surface area contributed by atoms with Crippen molar-refractivity contribution in [1.29, 1.82) is 0 Å². The molecule has 96 valence electrons. The van der Waals surface area contributed by atoms with Crippen molar-refractivity contribution in [1.82, 2.24) is 9.13 Å². The molecule has 0 aliphatic rings. The molecular formula is C6H3F6N3O2. The molecule has 1 aromatic heterocycles. The molecule has 0 aliphatic carbocycles. The Balaban J connectivity index is 3.81. The highest BCUT2D eigenvalue weighted by molar-refractivity contribution is 5.27. The van der Waals surface area contributed by atoms with Crippen LogP contribution in [-0.4, -0.2) is 9.13 Å². The Morgan fingerprint density at radius 1 is 0.941 bits per heavy atom. The van der Waals surface area contributed by atoms with Crippen LogP contribution < -0.4 is 17.0 Å². The normalized spacial score (nSPS) is 12.8. The van der Waals surface area contributed by atoms with Gasteiger partial charge in [-0.1, -0.05) is 0 Å². The number of alkyl halides is 6. The monoisotopic (exact) mass is 263 g/mol. The molecule has 1 heterocycles. The molecule has 0 bridgehead atoms. The molecular weight excluding hydrogens is 260 g/mol. The third-order valence-corrected chi connectivity index (χ3v) is 1.64. The second-order valence-electron chi connectivity index (χ2n) is 2.80. The minimum Gasteiger partial charge on any atom is -0.385 e. The maximum atomic E-state index is 12.2. The molecule has 0 amide bonds. The van der Waals surface area contributed by atoms with E-state index in [1.54, 1.807) is 0 Å². The van der Waals surface area contributed by atoms with Crippen LogP contribution in [0.4, 0.5) is 32.2 Å². The van der Waals surface area contributed by atoms with Crippen molar-refractivity contribution < 1.29 is 26.3 Å². The summed E-state index contributed by atoms with van der Waals surface area (Å²) in [7, 11) is 0. The van der Waals surface area contributed by atoms with Crippen molar-refractivity contribution in [3.8, 4) is 0 Å². The third-order valence-electron chi connectivity index (χ3n) is 1.64. The summed E-state index contributed by atoms with van der Waals surface area (Å²) in [5, 5.41) is 0. The molecule has 0 saturated carbocycles. The van der Waals surface area contributed by atoms with Crippen LogP contribution in [0.15, 0.2) is 15.7 Å². The van der Waals surface area contributed by atoms with Gasteiger partial charge in [0.2, 0.25) is 0 Å². The molecule has 0 aromatic carbocycles. The van der Waals surface area contributed by atoms with E-state index in [2.05, 4.69) is 5.73 Å². The first-order chi connectivity index (χ1) is 7.46. The van der Waals surface area contributed by atoms with E-state index in [-0.39, 0.29) is 6.07 Å². The summed E-state index contributed by atoms with van der Waals surface area (Å²) in [6, 6.07) is -0.137. The van der Waals surface area contributed by atoms with E-state index in [1.807, 2.05) is 0 Å². The van der Waals surface area contributed by atoms with Gasteiger partial charge in [0.25, 0.3) is 5.56 Å². The SMILES string of the molecule is Nc1cc(=O)n(C(F)(F)F)c(=O)n1C(F)(F)F. The fourth-order valence-corrected chi connectivity index (χ4v) is 1.05. The largest absolute Gasteiger partial charge is 0.495 e. The van der Waals surface area contributed by atoms with Crippen molar-refractivity contribution in [3.05, 3.63) is 26.9 Å². The lowest BCUT2D eigenvalue weighted by molar-refractivity contribution is -0.224. The van der Waals surface area contributed by atoms with E-state index in [0.717, 1.165) is 0 Å². The summed E-state index contributed by atoms with van der Waals surface area (Å²) < 4.78 is 70.3. The summed E-state index contributed by atoms with van der Waals surface area (Å²) in [4.78, 5) is 21.7. The Morgan fingerprint density at radius 3 is 1.71 bits per heavy atom. The van der Waals surface area contributed by atoms with Crippen molar-refractivity contribution in [3.63, 3.8) is 0 Å². The van der Waals surface area contributed by atoms with Crippen LogP contribution in [0, 0.1) is 0 Å². The van der Waals surface area contributed by atoms with Gasteiger partial charge in [0.15, 0.2) is 0 Å². The van der Waals surface area contributed by atoms with Gasteiger partial charge in [-0.25, -0.2) is 4.79 Å². The van der Waals surface area contributed by atoms with Gasteiger partial charge < -0.3 is 5.73 Å². The van der Waals surface area contributed by atoms with E-state index in [0.29, 0.717) is 0 Å². The van der Waals surface area contributed by atoms with E-state index < -0.39 is 38.8 Å². The number of nitrogens with two attached hydrogens (primary N) is 1. The molecule has 1 rings (SSSR count). The fraction of sp³-hybridized carbons (Fsp3) is 0.333. The molecule has 1 aromatic rings. The van der Waals surface area contributed by atoms with Crippen LogP contribution in [0.25, 0.3) is 0 Å². The molecule has 0 spiro atoms. The molecule has 0 radical (unpaired) electrons. The predicted molar refractivity (Wildman–Crippen MR) is 42.0 cm³/mol. The summed E-state index contributed by atoms with van der Waals surface area (Å²) in [6.45, 7) is 0. The van der Waals surface area contributed by atoms with E-state index >= 15 is 0 Å². The zero-order chi connectivity index (χ0) is 13.6. The van der Waals surface area contributed by atoms with Gasteiger partial charge in [0.1, 0.15) is 5.82 Å². The minimum atomic E-state index is -5.56. The number of anilines is 1. The van der Waals surface area contributed by atoms with Crippen LogP contribution in [-0.2, 0) is 12.6 Å². The van der Waals surface area contributed by atoms with E-state index in [9.17, 15) is 35.9 Å². The van der Waals surface area contributed by atoms with Gasteiger partial charge in [-0.2, -0.15) is 9.13 Å². The molecule has 0 atom stereocenters. The van der Waals surface area contributed by atoms with Gasteiger partial charge >= 0.3 is 18.3 Å². The highest BCUT2D eigenvalue weighted by atomic mass is 19.4. The summed E-state index contributed by atoms with van der Waals surface area (Å²) in [6.07, 6.45) is -11.0. The third kappa shape index (κ3) is 2.26. The molecule has 2 N–H and O–H groups in total. The Hall–Kier alpha value is -1.94. The highest BCUT2D eigenvalue weighted by Gasteiger charge is 2.41. The lowest BCUT2D eigenvalue weighted by atomic mass is 10.5. The summed E-state index contributed by atoms with van der Waals surface area (Å²) >= 11 is 0. The molecule has 17 heavy (non-hydrogen) atoms. The standard InChI is InChI=1S/C6H3F6N3O2/c7-5(8,9)14-2(13)1-3(16)15(4(14)17)6(10,11)12/h1H,13H2. The van der Waals surface area contributed by atoms with Crippen molar-refractivity contribution in [2.45, 2.75) is 12.6 Å². The Labute approximate surface area is 87.7 Å². The predicted octanol–water partition coefficient (Wildman–Crippen LogP) is 0.545. The topological polar surface area (TPSA) is 70.0 Å². The second-order valence-corrected chi connectivity index (χ2v) is 2.80. The molecule has 11 heteroatoms. The lowest BCUT2D eigenvalue weighted by Crippen LogP contribution is -2.49. The smallest absolute Gasteiger partial charge is 0.385 e. The van der Waals surface area contributed by atoms with Crippen LogP contribution in [0.1, 0.15) is 0 Å². The Kier molecular flexibility index (Phi) is 2.73. The quantitative estimate of drug-likeness (QED) is 0.695. The fourth-order valence-electron chi connectivity index (χ4n) is 1.05. The van der Waals surface area contributed by atoms with Crippen LogP contribution in [0.2, 0.25) is 0 Å². The Morgan fingerprint density at radius 2 is 1.35 bits per heavy atom. The van der Waals surface area contributed by atoms with Crippen molar-refractivity contribution >= 4 is 5.82 Å². The number of rotatable bonds is 0. The number of aromatic nitrogens is 2. The van der Waals surface area contributed by atoms with Crippen LogP contribution in [0.3, 0.4) is 0 Å². The van der Waals surface area contributed by atoms with E-state index in [1.165, 1.54) is 0 Å². The molecule has 0 saturated heterocycles. The lowest BCUT2D eigenvalue weighted by Gasteiger charge is -2.15. The molecule has 5 nitrogen and oxygen atoms in total. The first kappa shape index (κ1) is 13.1. The maximum Gasteiger partial charge on any atom is 0.495 e. The average Bonchev–Trinajstić information content (AvgIpc) is 1.94. The number of nitrogen functional groups attached to an aromatic ring is 1. The van der Waals surface area contributed by atoms with Gasteiger partial charge in [-0.15, -0.1) is 26.3 Å². The number of halogens is 6. The van der Waals surface area contributed by atoms with Crippen LogP contribution >= 0.6 is 0 Å². The van der Waals surface area contributed by atoms with Gasteiger partial charge in [-0.05, 0) is 0 Å². The second kappa shape index (κ2) is 3.53. The van der Waals surface area contributed by atoms with Gasteiger partial charge in [0.05, 0.1) is 0 Å². The van der Waals surface area contributed by atoms with Crippen molar-refractivity contribution in [2.75, 3.05) is 5.73 Å². The van der Waals surface area contributed by atoms with Gasteiger partial charge in [-0.3, -0.25) is 4.79 Å². The first-order valence-electron chi connectivity index (χ1n) is 3.75.